The molecule has 3 aromatic carbocycles. The summed E-state index contributed by atoms with van der Waals surface area (Å²) in [5, 5.41) is 3.99. The first-order valence-electron chi connectivity index (χ1n) is 10.6. The lowest BCUT2D eigenvalue weighted by Crippen LogP contribution is -2.25. The van der Waals surface area contributed by atoms with Gasteiger partial charge in [0.25, 0.3) is 5.91 Å². The quantitative estimate of drug-likeness (QED) is 0.351. The third-order valence-corrected chi connectivity index (χ3v) is 4.73. The molecular weight excluding hydrogens is 423 g/mol. The van der Waals surface area contributed by atoms with Gasteiger partial charge in [0.15, 0.2) is 18.1 Å². The molecule has 3 aromatic rings. The number of hydrogen-bond donors (Lipinski definition) is 1. The molecular formula is C26H27FN2O4. The van der Waals surface area contributed by atoms with Gasteiger partial charge in [-0.2, -0.15) is 5.10 Å². The van der Waals surface area contributed by atoms with Crippen LogP contribution in [-0.4, -0.2) is 25.3 Å². The van der Waals surface area contributed by atoms with Crippen LogP contribution in [-0.2, 0) is 11.4 Å². The smallest absolute Gasteiger partial charge is 0.277 e. The third kappa shape index (κ3) is 7.07. The molecule has 172 valence electrons. The first-order valence-corrected chi connectivity index (χ1v) is 10.6. The topological polar surface area (TPSA) is 69.2 Å². The van der Waals surface area contributed by atoms with Crippen LogP contribution in [0.25, 0.3) is 0 Å². The maximum Gasteiger partial charge on any atom is 0.277 e. The van der Waals surface area contributed by atoms with Gasteiger partial charge in [-0.25, -0.2) is 9.82 Å². The molecule has 3 rings (SSSR count). The molecule has 0 aliphatic carbocycles. The lowest BCUT2D eigenvalue weighted by molar-refractivity contribution is -0.123. The van der Waals surface area contributed by atoms with Crippen LogP contribution in [0.4, 0.5) is 4.39 Å². The fourth-order valence-corrected chi connectivity index (χ4v) is 3.11. The lowest BCUT2D eigenvalue weighted by Gasteiger charge is -2.13. The molecule has 0 aliphatic rings. The van der Waals surface area contributed by atoms with Gasteiger partial charge in [0.2, 0.25) is 0 Å². The van der Waals surface area contributed by atoms with Crippen LogP contribution in [0, 0.1) is 19.7 Å². The van der Waals surface area contributed by atoms with Crippen molar-refractivity contribution >= 4 is 12.1 Å². The van der Waals surface area contributed by atoms with E-state index in [0.29, 0.717) is 23.9 Å². The first kappa shape index (κ1) is 23.8. The molecule has 1 N–H and O–H groups in total. The third-order valence-electron chi connectivity index (χ3n) is 4.73. The minimum absolute atomic E-state index is 0.136. The van der Waals surface area contributed by atoms with E-state index in [1.54, 1.807) is 30.3 Å². The number of aryl methyl sites for hydroxylation is 2. The largest absolute Gasteiger partial charge is 0.490 e. The van der Waals surface area contributed by atoms with Crippen LogP contribution in [0.2, 0.25) is 0 Å². The van der Waals surface area contributed by atoms with E-state index in [0.717, 1.165) is 22.3 Å². The van der Waals surface area contributed by atoms with Crippen molar-refractivity contribution in [3.05, 3.63) is 88.7 Å². The number of halogens is 1. The second-order valence-corrected chi connectivity index (χ2v) is 7.36. The summed E-state index contributed by atoms with van der Waals surface area (Å²) in [5.74, 6) is 1.16. The summed E-state index contributed by atoms with van der Waals surface area (Å²) >= 11 is 0. The maximum atomic E-state index is 13.1. The van der Waals surface area contributed by atoms with Crippen molar-refractivity contribution in [2.24, 2.45) is 5.10 Å². The van der Waals surface area contributed by atoms with Gasteiger partial charge in [-0.1, -0.05) is 30.3 Å². The van der Waals surface area contributed by atoms with Crippen molar-refractivity contribution in [1.29, 1.82) is 0 Å². The number of benzene rings is 3. The number of carbonyl (C=O) groups excluding carboxylic acids is 1. The molecule has 6 nitrogen and oxygen atoms in total. The highest BCUT2D eigenvalue weighted by Crippen LogP contribution is 2.29. The SMILES string of the molecule is CCOc1cc(/C=N\NC(=O)COc2c(C)cccc2C)ccc1OCc1ccc(F)cc1. The Bertz CT molecular complexity index is 1090. The number of rotatable bonds is 10. The predicted octanol–water partition coefficient (Wildman–Crippen LogP) is 4.95. The Hall–Kier alpha value is -3.87. The first-order chi connectivity index (χ1) is 16.0. The average molecular weight is 451 g/mol. The van der Waals surface area contributed by atoms with E-state index in [1.165, 1.54) is 18.3 Å². The predicted molar refractivity (Wildman–Crippen MR) is 125 cm³/mol. The van der Waals surface area contributed by atoms with Crippen LogP contribution < -0.4 is 19.6 Å². The van der Waals surface area contributed by atoms with Gasteiger partial charge in [-0.15, -0.1) is 0 Å². The highest BCUT2D eigenvalue weighted by Gasteiger charge is 2.08. The highest BCUT2D eigenvalue weighted by molar-refractivity contribution is 5.83. The van der Waals surface area contributed by atoms with E-state index >= 15 is 0 Å². The van der Waals surface area contributed by atoms with E-state index in [4.69, 9.17) is 14.2 Å². The van der Waals surface area contributed by atoms with Crippen LogP contribution in [0.3, 0.4) is 0 Å². The molecule has 0 heterocycles. The fourth-order valence-electron chi connectivity index (χ4n) is 3.11. The summed E-state index contributed by atoms with van der Waals surface area (Å²) in [4.78, 5) is 12.1. The van der Waals surface area contributed by atoms with Gasteiger partial charge in [0.1, 0.15) is 18.2 Å². The van der Waals surface area contributed by atoms with E-state index in [-0.39, 0.29) is 24.9 Å². The molecule has 7 heteroatoms. The lowest BCUT2D eigenvalue weighted by atomic mass is 10.1. The van der Waals surface area contributed by atoms with Crippen molar-refractivity contribution < 1.29 is 23.4 Å². The molecule has 1 amide bonds. The van der Waals surface area contributed by atoms with Gasteiger partial charge in [0, 0.05) is 0 Å². The highest BCUT2D eigenvalue weighted by atomic mass is 19.1. The minimum Gasteiger partial charge on any atom is -0.490 e. The molecule has 0 atom stereocenters. The summed E-state index contributed by atoms with van der Waals surface area (Å²) in [6.07, 6.45) is 1.52. The van der Waals surface area contributed by atoms with Crippen molar-refractivity contribution in [3.8, 4) is 17.2 Å². The van der Waals surface area contributed by atoms with E-state index in [2.05, 4.69) is 10.5 Å². The zero-order valence-electron chi connectivity index (χ0n) is 18.9. The standard InChI is InChI=1S/C26H27FN2O4/c1-4-31-24-14-21(10-13-23(24)32-16-20-8-11-22(27)12-9-20)15-28-29-25(30)17-33-26-18(2)6-5-7-19(26)3/h5-15H,4,16-17H2,1-3H3,(H,29,30)/b28-15-. The maximum absolute atomic E-state index is 13.1. The van der Waals surface area contributed by atoms with Crippen molar-refractivity contribution in [2.45, 2.75) is 27.4 Å². The van der Waals surface area contributed by atoms with E-state index in [1.807, 2.05) is 39.0 Å². The van der Waals surface area contributed by atoms with Gasteiger partial charge in [0.05, 0.1) is 12.8 Å². The van der Waals surface area contributed by atoms with Crippen LogP contribution in [0.5, 0.6) is 17.2 Å². The van der Waals surface area contributed by atoms with E-state index < -0.39 is 0 Å². The van der Waals surface area contributed by atoms with Crippen molar-refractivity contribution in [2.75, 3.05) is 13.2 Å². The van der Waals surface area contributed by atoms with Gasteiger partial charge >= 0.3 is 0 Å². The number of hydrogen-bond acceptors (Lipinski definition) is 5. The number of nitrogens with one attached hydrogen (secondary N) is 1. The Kier molecular flexibility index (Phi) is 8.41. The molecule has 33 heavy (non-hydrogen) atoms. The number of nitrogens with zero attached hydrogens (tertiary/aromatic N) is 1. The molecule has 0 aliphatic heterocycles. The second-order valence-electron chi connectivity index (χ2n) is 7.36. The monoisotopic (exact) mass is 450 g/mol. The number of carbonyl (C=O) groups is 1. The van der Waals surface area contributed by atoms with Crippen LogP contribution >= 0.6 is 0 Å². The Balaban J connectivity index is 1.56. The average Bonchev–Trinajstić information content (AvgIpc) is 2.79. The molecule has 0 spiro atoms. The summed E-state index contributed by atoms with van der Waals surface area (Å²) in [7, 11) is 0. The fraction of sp³-hybridized carbons (Fsp3) is 0.231. The Morgan fingerprint density at radius 3 is 2.39 bits per heavy atom. The molecule has 0 aromatic heterocycles. The summed E-state index contributed by atoms with van der Waals surface area (Å²) < 4.78 is 30.2. The minimum atomic E-state index is -0.363. The Labute approximate surface area is 193 Å². The number of para-hydroxylation sites is 1. The molecule has 0 saturated heterocycles. The van der Waals surface area contributed by atoms with Gasteiger partial charge in [-0.3, -0.25) is 4.79 Å². The molecule has 0 unspecified atom stereocenters. The summed E-state index contributed by atoms with van der Waals surface area (Å²) in [6.45, 7) is 6.34. The van der Waals surface area contributed by atoms with E-state index in [9.17, 15) is 9.18 Å². The summed E-state index contributed by atoms with van der Waals surface area (Å²) in [6, 6.07) is 17.3. The second kappa shape index (κ2) is 11.7. The Morgan fingerprint density at radius 2 is 1.70 bits per heavy atom. The molecule has 0 saturated carbocycles. The van der Waals surface area contributed by atoms with Crippen LogP contribution in [0.1, 0.15) is 29.2 Å². The molecule has 0 bridgehead atoms. The zero-order valence-corrected chi connectivity index (χ0v) is 18.9. The number of hydrazone groups is 1. The van der Waals surface area contributed by atoms with Gasteiger partial charge < -0.3 is 14.2 Å². The zero-order chi connectivity index (χ0) is 23.6. The number of ether oxygens (including phenoxy) is 3. The Morgan fingerprint density at radius 1 is 0.970 bits per heavy atom. The van der Waals surface area contributed by atoms with Crippen molar-refractivity contribution in [1.82, 2.24) is 5.43 Å². The van der Waals surface area contributed by atoms with Crippen molar-refractivity contribution in [3.63, 3.8) is 0 Å². The molecule has 0 radical (unpaired) electrons. The summed E-state index contributed by atoms with van der Waals surface area (Å²) in [5.41, 5.74) is 5.97. The van der Waals surface area contributed by atoms with Crippen LogP contribution in [0.15, 0.2) is 65.8 Å². The normalized spacial score (nSPS) is 10.8. The van der Waals surface area contributed by atoms with Gasteiger partial charge in [-0.05, 0) is 73.4 Å². The molecule has 0 fully saturated rings. The number of amides is 1.